The van der Waals surface area contributed by atoms with Gasteiger partial charge in [0.15, 0.2) is 0 Å². The molecule has 0 spiro atoms. The maximum atomic E-state index is 11.7. The van der Waals surface area contributed by atoms with Gasteiger partial charge in [-0.25, -0.2) is 14.7 Å². The van der Waals surface area contributed by atoms with Crippen molar-refractivity contribution >= 4 is 11.7 Å². The van der Waals surface area contributed by atoms with Gasteiger partial charge in [0, 0.05) is 12.1 Å². The zero-order valence-corrected chi connectivity index (χ0v) is 9.71. The molecule has 1 N–H and O–H groups in total. The molecule has 0 amide bonds. The van der Waals surface area contributed by atoms with Crippen molar-refractivity contribution in [1.29, 1.82) is 0 Å². The first-order valence-corrected chi connectivity index (χ1v) is 5.13. The Bertz CT molecular complexity index is 682. The fourth-order valence-corrected chi connectivity index (χ4v) is 1.36. The van der Waals surface area contributed by atoms with Crippen LogP contribution < -0.4 is 10.4 Å². The van der Waals surface area contributed by atoms with Crippen LogP contribution in [0.25, 0.3) is 0 Å². The summed E-state index contributed by atoms with van der Waals surface area (Å²) >= 11 is 0. The lowest BCUT2D eigenvalue weighted by molar-refractivity contribution is -0.384. The van der Waals surface area contributed by atoms with E-state index in [-0.39, 0.29) is 22.7 Å². The van der Waals surface area contributed by atoms with E-state index in [1.54, 1.807) is 0 Å². The number of non-ortho nitro benzene ring substituents is 1. The van der Waals surface area contributed by atoms with Crippen molar-refractivity contribution in [3.63, 3.8) is 0 Å². The molecular weight excluding hydrogens is 256 g/mol. The number of ether oxygens (including phenoxy) is 1. The molecule has 8 nitrogen and oxygen atoms in total. The van der Waals surface area contributed by atoms with Crippen LogP contribution in [-0.4, -0.2) is 16.0 Å². The van der Waals surface area contributed by atoms with Gasteiger partial charge in [0.05, 0.1) is 16.2 Å². The standard InChI is InChI=1S/C11H8N2O6/c1-6-9(11(15)19-12-6)18-10(14)7-2-4-8(5-3-7)13(16)17/h2-5,12H,1H3. The van der Waals surface area contributed by atoms with Gasteiger partial charge in [-0.3, -0.25) is 10.1 Å². The average molecular weight is 264 g/mol. The molecule has 98 valence electrons. The summed E-state index contributed by atoms with van der Waals surface area (Å²) in [5.41, 5.74) is -0.576. The molecule has 0 fully saturated rings. The van der Waals surface area contributed by atoms with Crippen LogP contribution in [0.3, 0.4) is 0 Å². The van der Waals surface area contributed by atoms with Gasteiger partial charge in [-0.05, 0) is 19.1 Å². The number of esters is 1. The molecule has 0 radical (unpaired) electrons. The van der Waals surface area contributed by atoms with Crippen LogP contribution in [0, 0.1) is 17.0 Å². The van der Waals surface area contributed by atoms with Crippen LogP contribution in [0.15, 0.2) is 33.6 Å². The molecular formula is C11H8N2O6. The van der Waals surface area contributed by atoms with Crippen LogP contribution in [0.2, 0.25) is 0 Å². The topological polar surface area (TPSA) is 115 Å². The number of hydrogen-bond donors (Lipinski definition) is 1. The Labute approximate surface area is 105 Å². The van der Waals surface area contributed by atoms with E-state index >= 15 is 0 Å². The van der Waals surface area contributed by atoms with E-state index in [1.165, 1.54) is 31.2 Å². The minimum Gasteiger partial charge on any atom is -0.413 e. The van der Waals surface area contributed by atoms with Crippen LogP contribution in [0.4, 0.5) is 5.69 Å². The normalized spacial score (nSPS) is 10.2. The second kappa shape index (κ2) is 4.77. The minimum absolute atomic E-state index is 0.0885. The quantitative estimate of drug-likeness (QED) is 0.509. The summed E-state index contributed by atoms with van der Waals surface area (Å²) in [6, 6.07) is 4.82. The lowest BCUT2D eigenvalue weighted by Gasteiger charge is -2.01. The van der Waals surface area contributed by atoms with Gasteiger partial charge in [0.25, 0.3) is 5.69 Å². The van der Waals surface area contributed by atoms with Crippen molar-refractivity contribution in [1.82, 2.24) is 5.16 Å². The highest BCUT2D eigenvalue weighted by atomic mass is 16.6. The predicted octanol–water partition coefficient (Wildman–Crippen LogP) is 1.40. The summed E-state index contributed by atoms with van der Waals surface area (Å²) in [7, 11) is 0. The molecule has 0 unspecified atom stereocenters. The number of nitrogens with one attached hydrogen (secondary N) is 1. The smallest absolute Gasteiger partial charge is 0.400 e. The summed E-state index contributed by atoms with van der Waals surface area (Å²) in [4.78, 5) is 32.8. The zero-order valence-electron chi connectivity index (χ0n) is 9.71. The third-order valence-corrected chi connectivity index (χ3v) is 2.33. The maximum absolute atomic E-state index is 11.7. The zero-order chi connectivity index (χ0) is 14.0. The summed E-state index contributed by atoms with van der Waals surface area (Å²) in [6.45, 7) is 1.50. The van der Waals surface area contributed by atoms with Crippen molar-refractivity contribution in [3.05, 3.63) is 56.1 Å². The largest absolute Gasteiger partial charge is 0.413 e. The van der Waals surface area contributed by atoms with E-state index < -0.39 is 16.5 Å². The Kier molecular flexibility index (Phi) is 3.15. The highest BCUT2D eigenvalue weighted by Gasteiger charge is 2.17. The number of H-pyrrole nitrogens is 1. The summed E-state index contributed by atoms with van der Waals surface area (Å²) in [6.07, 6.45) is 0. The molecule has 2 aromatic rings. The number of nitro groups is 1. The van der Waals surface area contributed by atoms with Gasteiger partial charge in [-0.2, -0.15) is 0 Å². The van der Waals surface area contributed by atoms with E-state index in [9.17, 15) is 19.7 Å². The second-order valence-corrected chi connectivity index (χ2v) is 3.64. The van der Waals surface area contributed by atoms with E-state index in [0.717, 1.165) is 0 Å². The summed E-state index contributed by atoms with van der Waals surface area (Å²) in [5.74, 6) is -1.03. The van der Waals surface area contributed by atoms with Gasteiger partial charge in [-0.15, -0.1) is 0 Å². The Morgan fingerprint density at radius 1 is 1.37 bits per heavy atom. The van der Waals surface area contributed by atoms with Gasteiger partial charge in [0.1, 0.15) is 0 Å². The van der Waals surface area contributed by atoms with Gasteiger partial charge in [0.2, 0.25) is 5.75 Å². The molecule has 2 rings (SSSR count). The Morgan fingerprint density at radius 2 is 2.00 bits per heavy atom. The van der Waals surface area contributed by atoms with E-state index in [0.29, 0.717) is 0 Å². The van der Waals surface area contributed by atoms with E-state index in [2.05, 4.69) is 9.68 Å². The Morgan fingerprint density at radius 3 is 2.47 bits per heavy atom. The first kappa shape index (κ1) is 12.6. The number of rotatable bonds is 3. The molecule has 1 heterocycles. The lowest BCUT2D eigenvalue weighted by Crippen LogP contribution is -2.13. The number of carbonyl (C=O) groups is 1. The number of nitrogens with zero attached hydrogens (tertiary/aromatic N) is 1. The third-order valence-electron chi connectivity index (χ3n) is 2.33. The SMILES string of the molecule is Cc1[nH]oc(=O)c1OC(=O)c1ccc([N+](=O)[O-])cc1. The number of aromatic nitrogens is 1. The van der Waals surface area contributed by atoms with Crippen LogP contribution in [0.1, 0.15) is 16.1 Å². The first-order valence-electron chi connectivity index (χ1n) is 5.13. The van der Waals surface area contributed by atoms with Gasteiger partial charge >= 0.3 is 11.6 Å². The van der Waals surface area contributed by atoms with Crippen molar-refractivity contribution in [2.24, 2.45) is 0 Å². The molecule has 0 bridgehead atoms. The number of aromatic amines is 1. The van der Waals surface area contributed by atoms with Crippen LogP contribution in [0.5, 0.6) is 5.75 Å². The molecule has 0 aliphatic heterocycles. The molecule has 1 aromatic heterocycles. The Balaban J connectivity index is 2.21. The predicted molar refractivity (Wildman–Crippen MR) is 62.1 cm³/mol. The Hall–Kier alpha value is -2.90. The molecule has 0 aliphatic rings. The number of hydrogen-bond acceptors (Lipinski definition) is 6. The van der Waals surface area contributed by atoms with Crippen LogP contribution >= 0.6 is 0 Å². The van der Waals surface area contributed by atoms with Gasteiger partial charge < -0.3 is 9.26 Å². The van der Waals surface area contributed by atoms with Crippen LogP contribution in [-0.2, 0) is 0 Å². The van der Waals surface area contributed by atoms with Crippen molar-refractivity contribution in [2.45, 2.75) is 6.92 Å². The summed E-state index contributed by atoms with van der Waals surface area (Å²) in [5, 5.41) is 12.7. The van der Waals surface area contributed by atoms with Crippen molar-refractivity contribution in [3.8, 4) is 5.75 Å². The summed E-state index contributed by atoms with van der Waals surface area (Å²) < 4.78 is 9.29. The maximum Gasteiger partial charge on any atom is 0.400 e. The number of benzene rings is 1. The fourth-order valence-electron chi connectivity index (χ4n) is 1.36. The third kappa shape index (κ3) is 2.51. The second-order valence-electron chi connectivity index (χ2n) is 3.64. The number of aryl methyl sites for hydroxylation is 1. The first-order chi connectivity index (χ1) is 8.99. The van der Waals surface area contributed by atoms with Crippen molar-refractivity contribution < 1.29 is 19.0 Å². The van der Waals surface area contributed by atoms with Crippen molar-refractivity contribution in [2.75, 3.05) is 0 Å². The monoisotopic (exact) mass is 264 g/mol. The number of nitro benzene ring substituents is 1. The highest BCUT2D eigenvalue weighted by Crippen LogP contribution is 2.15. The molecule has 0 atom stereocenters. The molecule has 0 aliphatic carbocycles. The molecule has 0 saturated carbocycles. The highest BCUT2D eigenvalue weighted by molar-refractivity contribution is 5.91. The average Bonchev–Trinajstić information content (AvgIpc) is 2.70. The molecule has 1 aromatic carbocycles. The van der Waals surface area contributed by atoms with E-state index in [1.807, 2.05) is 0 Å². The molecule has 8 heteroatoms. The number of carbonyl (C=O) groups excluding carboxylic acids is 1. The lowest BCUT2D eigenvalue weighted by atomic mass is 10.2. The van der Waals surface area contributed by atoms with Gasteiger partial charge in [-0.1, -0.05) is 0 Å². The molecule has 0 saturated heterocycles. The fraction of sp³-hybridized carbons (Fsp3) is 0.0909. The minimum atomic E-state index is -0.801. The molecule has 19 heavy (non-hydrogen) atoms. The van der Waals surface area contributed by atoms with E-state index in [4.69, 9.17) is 4.74 Å².